The highest BCUT2D eigenvalue weighted by molar-refractivity contribution is 6.03. The van der Waals surface area contributed by atoms with Gasteiger partial charge >= 0.3 is 0 Å². The van der Waals surface area contributed by atoms with Crippen molar-refractivity contribution in [3.8, 4) is 0 Å². The maximum absolute atomic E-state index is 13.7. The van der Waals surface area contributed by atoms with Crippen molar-refractivity contribution in [2.75, 3.05) is 13.2 Å². The molecule has 0 bridgehead atoms. The number of hydrogen-bond donors (Lipinski definition) is 1. The molecular formula is C24H33N3O4. The van der Waals surface area contributed by atoms with Gasteiger partial charge in [0.05, 0.1) is 24.4 Å². The van der Waals surface area contributed by atoms with Gasteiger partial charge in [-0.05, 0) is 32.6 Å². The molecule has 2 aromatic rings. The average molecular weight is 428 g/mol. The van der Waals surface area contributed by atoms with E-state index in [4.69, 9.17) is 9.15 Å². The number of nitrogens with zero attached hydrogens (tertiary/aromatic N) is 2. The summed E-state index contributed by atoms with van der Waals surface area (Å²) in [5.74, 6) is -0.177. The van der Waals surface area contributed by atoms with Crippen LogP contribution in [0.4, 0.5) is 0 Å². The van der Waals surface area contributed by atoms with Crippen LogP contribution in [0.5, 0.6) is 0 Å². The van der Waals surface area contributed by atoms with Crippen LogP contribution >= 0.6 is 0 Å². The lowest BCUT2D eigenvalue weighted by Crippen LogP contribution is -2.66. The average Bonchev–Trinajstić information content (AvgIpc) is 3.46. The predicted molar refractivity (Wildman–Crippen MR) is 117 cm³/mol. The van der Waals surface area contributed by atoms with E-state index in [2.05, 4.69) is 5.32 Å². The van der Waals surface area contributed by atoms with Crippen LogP contribution in [0, 0.1) is 0 Å². The second-order valence-electron chi connectivity index (χ2n) is 9.63. The first-order valence-corrected chi connectivity index (χ1v) is 11.9. The van der Waals surface area contributed by atoms with Gasteiger partial charge in [-0.25, -0.2) is 0 Å². The van der Waals surface area contributed by atoms with Crippen LogP contribution in [0.25, 0.3) is 11.1 Å². The molecule has 4 heterocycles. The number of furan rings is 1. The van der Waals surface area contributed by atoms with Crippen molar-refractivity contribution in [2.45, 2.75) is 88.9 Å². The van der Waals surface area contributed by atoms with Gasteiger partial charge in [-0.1, -0.05) is 32.1 Å². The van der Waals surface area contributed by atoms with Gasteiger partial charge in [-0.2, -0.15) is 0 Å². The molecule has 5 rings (SSSR count). The van der Waals surface area contributed by atoms with Gasteiger partial charge in [0.1, 0.15) is 11.2 Å². The van der Waals surface area contributed by atoms with Crippen molar-refractivity contribution in [1.82, 2.24) is 14.8 Å². The fourth-order valence-corrected chi connectivity index (χ4v) is 5.49. The molecule has 2 atom stereocenters. The van der Waals surface area contributed by atoms with E-state index in [1.165, 1.54) is 19.3 Å². The molecule has 1 aliphatic carbocycles. The van der Waals surface area contributed by atoms with Crippen molar-refractivity contribution < 1.29 is 18.7 Å². The van der Waals surface area contributed by atoms with Crippen LogP contribution < -0.4 is 5.32 Å². The molecule has 1 saturated carbocycles. The summed E-state index contributed by atoms with van der Waals surface area (Å²) in [5, 5.41) is 3.33. The van der Waals surface area contributed by atoms with Crippen molar-refractivity contribution in [3.05, 3.63) is 24.1 Å². The Kier molecular flexibility index (Phi) is 5.54. The summed E-state index contributed by atoms with van der Waals surface area (Å²) >= 11 is 0. The number of rotatable bonds is 4. The van der Waals surface area contributed by atoms with Crippen LogP contribution in [0.15, 0.2) is 22.8 Å². The summed E-state index contributed by atoms with van der Waals surface area (Å²) in [6.45, 7) is 3.50. The topological polar surface area (TPSA) is 76.7 Å². The van der Waals surface area contributed by atoms with E-state index < -0.39 is 5.54 Å². The summed E-state index contributed by atoms with van der Waals surface area (Å²) in [5.41, 5.74) is 1.17. The summed E-state index contributed by atoms with van der Waals surface area (Å²) in [6.07, 6.45) is 11.6. The molecule has 0 aromatic carbocycles. The summed E-state index contributed by atoms with van der Waals surface area (Å²) in [6, 6.07) is 3.85. The number of ether oxygens (including phenoxy) is 1. The molecule has 2 amide bonds. The Bertz CT molecular complexity index is 949. The van der Waals surface area contributed by atoms with E-state index in [0.717, 1.165) is 50.6 Å². The molecule has 7 nitrogen and oxygen atoms in total. The molecule has 7 heteroatoms. The first-order valence-electron chi connectivity index (χ1n) is 11.9. The van der Waals surface area contributed by atoms with E-state index in [-0.39, 0.29) is 24.0 Å². The molecule has 2 aliphatic heterocycles. The molecule has 2 aromatic heterocycles. The lowest BCUT2D eigenvalue weighted by atomic mass is 9.91. The van der Waals surface area contributed by atoms with Crippen molar-refractivity contribution in [1.29, 1.82) is 0 Å². The van der Waals surface area contributed by atoms with Crippen LogP contribution in [0.2, 0.25) is 0 Å². The Balaban J connectivity index is 1.45. The Labute approximate surface area is 183 Å². The molecule has 168 valence electrons. The van der Waals surface area contributed by atoms with Gasteiger partial charge in [0, 0.05) is 31.3 Å². The van der Waals surface area contributed by atoms with E-state index in [1.807, 2.05) is 17.6 Å². The van der Waals surface area contributed by atoms with Gasteiger partial charge in [0.15, 0.2) is 5.58 Å². The summed E-state index contributed by atoms with van der Waals surface area (Å²) in [7, 11) is 0. The number of nitrogens with one attached hydrogen (secondary N) is 1. The van der Waals surface area contributed by atoms with Gasteiger partial charge in [0.25, 0.3) is 5.91 Å². The zero-order valence-electron chi connectivity index (χ0n) is 18.4. The normalized spacial score (nSPS) is 27.8. The van der Waals surface area contributed by atoms with E-state index in [1.54, 1.807) is 17.2 Å². The number of fused-ring (bicyclic) bond motifs is 3. The van der Waals surface area contributed by atoms with Crippen LogP contribution in [-0.2, 0) is 16.1 Å². The third kappa shape index (κ3) is 3.77. The maximum Gasteiger partial charge on any atom is 0.271 e. The van der Waals surface area contributed by atoms with Crippen molar-refractivity contribution in [3.63, 3.8) is 0 Å². The van der Waals surface area contributed by atoms with Crippen molar-refractivity contribution >= 4 is 22.9 Å². The largest absolute Gasteiger partial charge is 0.463 e. The molecule has 3 aliphatic rings. The maximum atomic E-state index is 13.7. The Morgan fingerprint density at radius 2 is 1.94 bits per heavy atom. The van der Waals surface area contributed by atoms with Crippen LogP contribution in [0.3, 0.4) is 0 Å². The molecular weight excluding hydrogens is 394 g/mol. The minimum atomic E-state index is -0.971. The monoisotopic (exact) mass is 427 g/mol. The zero-order valence-corrected chi connectivity index (χ0v) is 18.4. The lowest BCUT2D eigenvalue weighted by Gasteiger charge is -2.45. The first-order chi connectivity index (χ1) is 15.1. The standard InChI is InChI=1S/C24H33N3O4/c1-24(23(29)25-17-8-5-3-2-4-6-9-17)16-26-19-11-13-31-21(19)14-20(26)22(28)27(24)15-18-10-7-12-30-18/h11,13-14,17-18H,2-10,12,15-16H2,1H3,(H,25,29)/t18-,24+/m1/s1. The van der Waals surface area contributed by atoms with Crippen LogP contribution in [0.1, 0.15) is 75.2 Å². The second-order valence-corrected chi connectivity index (χ2v) is 9.63. The van der Waals surface area contributed by atoms with Crippen LogP contribution in [-0.4, -0.2) is 52.1 Å². The highest BCUT2D eigenvalue weighted by atomic mass is 16.5. The number of amides is 2. The van der Waals surface area contributed by atoms with Gasteiger partial charge in [0.2, 0.25) is 5.91 Å². The lowest BCUT2D eigenvalue weighted by molar-refractivity contribution is -0.134. The fourth-order valence-electron chi connectivity index (χ4n) is 5.49. The molecule has 31 heavy (non-hydrogen) atoms. The molecule has 1 N–H and O–H groups in total. The van der Waals surface area contributed by atoms with E-state index >= 15 is 0 Å². The van der Waals surface area contributed by atoms with E-state index in [9.17, 15) is 9.59 Å². The smallest absolute Gasteiger partial charge is 0.271 e. The second kappa shape index (κ2) is 8.34. The van der Waals surface area contributed by atoms with Gasteiger partial charge in [-0.15, -0.1) is 0 Å². The van der Waals surface area contributed by atoms with Gasteiger partial charge in [-0.3, -0.25) is 9.59 Å². The number of carbonyl (C=O) groups is 2. The third-order valence-electron chi connectivity index (χ3n) is 7.39. The number of carbonyl (C=O) groups excluding carboxylic acids is 2. The predicted octanol–water partition coefficient (Wildman–Crippen LogP) is 3.86. The third-order valence-corrected chi connectivity index (χ3v) is 7.39. The first kappa shape index (κ1) is 20.6. The van der Waals surface area contributed by atoms with Crippen molar-refractivity contribution in [2.24, 2.45) is 0 Å². The Morgan fingerprint density at radius 1 is 1.16 bits per heavy atom. The molecule has 0 spiro atoms. The highest BCUT2D eigenvalue weighted by Gasteiger charge is 2.49. The Hall–Kier alpha value is -2.28. The number of aromatic nitrogens is 1. The SMILES string of the molecule is C[C@@]1(C(=O)NC2CCCCCCC2)Cn2c(cc3occc32)C(=O)N1C[C@H]1CCCO1. The van der Waals surface area contributed by atoms with E-state index in [0.29, 0.717) is 24.4 Å². The highest BCUT2D eigenvalue weighted by Crippen LogP contribution is 2.34. The summed E-state index contributed by atoms with van der Waals surface area (Å²) < 4.78 is 13.3. The fraction of sp³-hybridized carbons (Fsp3) is 0.667. The quantitative estimate of drug-likeness (QED) is 0.804. The molecule has 1 saturated heterocycles. The minimum absolute atomic E-state index is 0.0121. The Morgan fingerprint density at radius 3 is 2.68 bits per heavy atom. The molecule has 2 fully saturated rings. The zero-order chi connectivity index (χ0) is 21.4. The number of hydrogen-bond acceptors (Lipinski definition) is 4. The van der Waals surface area contributed by atoms with Gasteiger partial charge < -0.3 is 23.9 Å². The summed E-state index contributed by atoms with van der Waals surface area (Å²) in [4.78, 5) is 29.1. The molecule has 0 unspecified atom stereocenters. The minimum Gasteiger partial charge on any atom is -0.463 e. The molecule has 0 radical (unpaired) electrons.